The minimum absolute atomic E-state index is 0.0360. The molecule has 1 aromatic heterocycles. The van der Waals surface area contributed by atoms with Crippen LogP contribution in [0.5, 0.6) is 5.75 Å². The van der Waals surface area contributed by atoms with Crippen LogP contribution in [0.15, 0.2) is 36.7 Å². The molecule has 0 saturated heterocycles. The Morgan fingerprint density at radius 1 is 1.00 bits per heavy atom. The van der Waals surface area contributed by atoms with Crippen LogP contribution in [0.1, 0.15) is 20.8 Å². The first-order valence-electron chi connectivity index (χ1n) is 6.47. The third-order valence-electron chi connectivity index (χ3n) is 2.53. The lowest BCUT2D eigenvalue weighted by molar-refractivity contribution is 0.415. The van der Waals surface area contributed by atoms with Crippen LogP contribution in [-0.2, 0) is 0 Å². The second kappa shape index (κ2) is 5.77. The summed E-state index contributed by atoms with van der Waals surface area (Å²) in [5, 5.41) is 6.55. The molecule has 0 saturated carbocycles. The monoisotopic (exact) mass is 272 g/mol. The number of nitrogens with zero attached hydrogens (tertiary/aromatic N) is 2. The summed E-state index contributed by atoms with van der Waals surface area (Å²) in [6.45, 7) is 6.27. The maximum Gasteiger partial charge on any atom is 0.135 e. The number of hydrogen-bond acceptors (Lipinski definition) is 5. The van der Waals surface area contributed by atoms with E-state index in [0.29, 0.717) is 0 Å². The predicted molar refractivity (Wildman–Crippen MR) is 81.7 cm³/mol. The molecule has 1 heterocycles. The van der Waals surface area contributed by atoms with Gasteiger partial charge in [0.1, 0.15) is 23.7 Å². The summed E-state index contributed by atoms with van der Waals surface area (Å²) in [6.07, 6.45) is 1.54. The lowest BCUT2D eigenvalue weighted by Crippen LogP contribution is -2.26. The van der Waals surface area contributed by atoms with Gasteiger partial charge in [0.2, 0.25) is 0 Å². The van der Waals surface area contributed by atoms with E-state index in [1.807, 2.05) is 30.3 Å². The molecule has 0 radical (unpaired) electrons. The molecule has 0 unspecified atom stereocenters. The molecule has 0 spiro atoms. The van der Waals surface area contributed by atoms with E-state index < -0.39 is 0 Å². The smallest absolute Gasteiger partial charge is 0.135 e. The van der Waals surface area contributed by atoms with Gasteiger partial charge in [-0.3, -0.25) is 0 Å². The second-order valence-corrected chi connectivity index (χ2v) is 5.52. The SMILES string of the molecule is COc1ccc(Nc2cc(NC(C)(C)C)ncn2)cc1. The van der Waals surface area contributed by atoms with E-state index in [2.05, 4.69) is 41.4 Å². The fraction of sp³-hybridized carbons (Fsp3) is 0.333. The van der Waals surface area contributed by atoms with E-state index in [4.69, 9.17) is 4.74 Å². The second-order valence-electron chi connectivity index (χ2n) is 5.52. The standard InChI is InChI=1S/C15H20N4O/c1-15(2,3)19-14-9-13(16-10-17-14)18-11-5-7-12(20-4)8-6-11/h5-10H,1-4H3,(H2,16,17,18,19). The molecule has 0 fully saturated rings. The number of aromatic nitrogens is 2. The zero-order valence-electron chi connectivity index (χ0n) is 12.3. The van der Waals surface area contributed by atoms with Gasteiger partial charge in [0.05, 0.1) is 7.11 Å². The quantitative estimate of drug-likeness (QED) is 0.892. The van der Waals surface area contributed by atoms with Gasteiger partial charge in [-0.25, -0.2) is 9.97 Å². The number of anilines is 3. The van der Waals surface area contributed by atoms with Crippen molar-refractivity contribution in [1.82, 2.24) is 9.97 Å². The van der Waals surface area contributed by atoms with Gasteiger partial charge in [-0.1, -0.05) is 0 Å². The third-order valence-corrected chi connectivity index (χ3v) is 2.53. The number of rotatable bonds is 4. The van der Waals surface area contributed by atoms with Crippen molar-refractivity contribution in [3.05, 3.63) is 36.7 Å². The summed E-state index contributed by atoms with van der Waals surface area (Å²) in [6, 6.07) is 9.57. The van der Waals surface area contributed by atoms with E-state index in [-0.39, 0.29) is 5.54 Å². The van der Waals surface area contributed by atoms with Crippen LogP contribution in [0, 0.1) is 0 Å². The number of benzene rings is 1. The molecule has 106 valence electrons. The van der Waals surface area contributed by atoms with Gasteiger partial charge in [0.25, 0.3) is 0 Å². The Kier molecular flexibility index (Phi) is 4.08. The summed E-state index contributed by atoms with van der Waals surface area (Å²) in [7, 11) is 1.65. The molecule has 20 heavy (non-hydrogen) atoms. The fourth-order valence-electron chi connectivity index (χ4n) is 1.70. The lowest BCUT2D eigenvalue weighted by Gasteiger charge is -2.21. The van der Waals surface area contributed by atoms with Crippen molar-refractivity contribution < 1.29 is 4.74 Å². The topological polar surface area (TPSA) is 59.1 Å². The minimum Gasteiger partial charge on any atom is -0.497 e. The average molecular weight is 272 g/mol. The molecule has 0 amide bonds. The molecule has 0 bridgehead atoms. The number of hydrogen-bond donors (Lipinski definition) is 2. The van der Waals surface area contributed by atoms with Crippen molar-refractivity contribution in [3.8, 4) is 5.75 Å². The maximum atomic E-state index is 5.13. The maximum absolute atomic E-state index is 5.13. The summed E-state index contributed by atoms with van der Waals surface area (Å²) in [5.74, 6) is 2.37. The van der Waals surface area contributed by atoms with E-state index in [1.165, 1.54) is 0 Å². The molecule has 0 aliphatic heterocycles. The summed E-state index contributed by atoms with van der Waals surface area (Å²) in [4.78, 5) is 8.43. The lowest BCUT2D eigenvalue weighted by atomic mass is 10.1. The molecular formula is C15H20N4O. The first kappa shape index (κ1) is 14.1. The van der Waals surface area contributed by atoms with Gasteiger partial charge in [-0.2, -0.15) is 0 Å². The van der Waals surface area contributed by atoms with Crippen molar-refractivity contribution in [2.75, 3.05) is 17.7 Å². The third kappa shape index (κ3) is 4.12. The highest BCUT2D eigenvalue weighted by molar-refractivity contribution is 5.59. The van der Waals surface area contributed by atoms with Crippen molar-refractivity contribution in [2.24, 2.45) is 0 Å². The van der Waals surface area contributed by atoms with Crippen molar-refractivity contribution >= 4 is 17.3 Å². The van der Waals surface area contributed by atoms with E-state index in [1.54, 1.807) is 13.4 Å². The van der Waals surface area contributed by atoms with Crippen molar-refractivity contribution in [2.45, 2.75) is 26.3 Å². The molecule has 1 aromatic carbocycles. The van der Waals surface area contributed by atoms with Crippen LogP contribution >= 0.6 is 0 Å². The summed E-state index contributed by atoms with van der Waals surface area (Å²) in [5.41, 5.74) is 0.914. The Morgan fingerprint density at radius 3 is 2.25 bits per heavy atom. The Bertz CT molecular complexity index is 561. The highest BCUT2D eigenvalue weighted by Gasteiger charge is 2.10. The molecule has 2 aromatic rings. The van der Waals surface area contributed by atoms with Crippen LogP contribution in [-0.4, -0.2) is 22.6 Å². The zero-order valence-corrected chi connectivity index (χ0v) is 12.3. The van der Waals surface area contributed by atoms with E-state index >= 15 is 0 Å². The molecule has 0 aliphatic carbocycles. The molecule has 2 rings (SSSR count). The van der Waals surface area contributed by atoms with Crippen molar-refractivity contribution in [1.29, 1.82) is 0 Å². The molecule has 0 aliphatic rings. The number of nitrogens with one attached hydrogen (secondary N) is 2. The highest BCUT2D eigenvalue weighted by Crippen LogP contribution is 2.20. The zero-order chi connectivity index (χ0) is 14.6. The van der Waals surface area contributed by atoms with Crippen molar-refractivity contribution in [3.63, 3.8) is 0 Å². The molecular weight excluding hydrogens is 252 g/mol. The van der Waals surface area contributed by atoms with Gasteiger partial charge < -0.3 is 15.4 Å². The molecule has 0 atom stereocenters. The van der Waals surface area contributed by atoms with Gasteiger partial charge in [0, 0.05) is 17.3 Å². The van der Waals surface area contributed by atoms with E-state index in [0.717, 1.165) is 23.1 Å². The average Bonchev–Trinajstić information content (AvgIpc) is 2.38. The summed E-state index contributed by atoms with van der Waals surface area (Å²) < 4.78 is 5.13. The molecule has 5 heteroatoms. The largest absolute Gasteiger partial charge is 0.497 e. The Balaban J connectivity index is 2.10. The van der Waals surface area contributed by atoms with Gasteiger partial charge in [-0.15, -0.1) is 0 Å². The predicted octanol–water partition coefficient (Wildman–Crippen LogP) is 3.44. The highest BCUT2D eigenvalue weighted by atomic mass is 16.5. The molecule has 5 nitrogen and oxygen atoms in total. The summed E-state index contributed by atoms with van der Waals surface area (Å²) >= 11 is 0. The van der Waals surface area contributed by atoms with E-state index in [9.17, 15) is 0 Å². The molecule has 2 N–H and O–H groups in total. The normalized spacial score (nSPS) is 11.0. The Hall–Kier alpha value is -2.30. The van der Waals surface area contributed by atoms with Gasteiger partial charge in [0.15, 0.2) is 0 Å². The van der Waals surface area contributed by atoms with Crippen LogP contribution in [0.25, 0.3) is 0 Å². The first-order valence-corrected chi connectivity index (χ1v) is 6.47. The van der Waals surface area contributed by atoms with Crippen LogP contribution in [0.3, 0.4) is 0 Å². The van der Waals surface area contributed by atoms with Gasteiger partial charge >= 0.3 is 0 Å². The van der Waals surface area contributed by atoms with Gasteiger partial charge in [-0.05, 0) is 45.0 Å². The Morgan fingerprint density at radius 2 is 1.65 bits per heavy atom. The minimum atomic E-state index is -0.0360. The number of ether oxygens (including phenoxy) is 1. The van der Waals surface area contributed by atoms with Crippen LogP contribution in [0.4, 0.5) is 17.3 Å². The van der Waals surface area contributed by atoms with Crippen LogP contribution in [0.2, 0.25) is 0 Å². The van der Waals surface area contributed by atoms with Crippen LogP contribution < -0.4 is 15.4 Å². The fourth-order valence-corrected chi connectivity index (χ4v) is 1.70. The first-order chi connectivity index (χ1) is 9.46. The Labute approximate surface area is 119 Å². The number of methoxy groups -OCH3 is 1.